The van der Waals surface area contributed by atoms with E-state index in [9.17, 15) is 0 Å². The minimum absolute atomic E-state index is 0.827. The summed E-state index contributed by atoms with van der Waals surface area (Å²) in [6, 6.07) is 4.13. The van der Waals surface area contributed by atoms with Crippen LogP contribution in [0, 0.1) is 0 Å². The summed E-state index contributed by atoms with van der Waals surface area (Å²) in [6.45, 7) is 7.92. The molecule has 1 N–H and O–H groups in total. The fraction of sp³-hybridized carbons (Fsp3) is 0.667. The highest BCUT2D eigenvalue weighted by Crippen LogP contribution is 2.00. The van der Waals surface area contributed by atoms with Crippen LogP contribution in [-0.4, -0.2) is 49.8 Å². The van der Waals surface area contributed by atoms with Crippen LogP contribution in [0.4, 0.5) is 0 Å². The number of hydrogen-bond donors (Lipinski definition) is 1. The van der Waals surface area contributed by atoms with Gasteiger partial charge in [-0.1, -0.05) is 0 Å². The molecule has 1 aromatic rings. The summed E-state index contributed by atoms with van der Waals surface area (Å²) in [5.74, 6) is 0. The quantitative estimate of drug-likeness (QED) is 0.620. The summed E-state index contributed by atoms with van der Waals surface area (Å²) in [7, 11) is 2.15. The maximum atomic E-state index is 5.30. The minimum atomic E-state index is 0.827. The molecule has 0 bridgehead atoms. The van der Waals surface area contributed by atoms with E-state index in [1.54, 1.807) is 0 Å². The Morgan fingerprint density at radius 2 is 2.00 bits per heavy atom. The van der Waals surface area contributed by atoms with E-state index in [-0.39, 0.29) is 0 Å². The topological polar surface area (TPSA) is 37.4 Å². The number of hydrogen-bond acceptors (Lipinski definition) is 4. The highest BCUT2D eigenvalue weighted by molar-refractivity contribution is 5.09. The lowest BCUT2D eigenvalue weighted by Gasteiger charge is -2.16. The molecular weight excluding hydrogens is 238 g/mol. The number of unbranched alkanes of at least 4 members (excludes halogenated alkanes) is 1. The molecule has 0 aliphatic heterocycles. The van der Waals surface area contributed by atoms with Gasteiger partial charge < -0.3 is 15.0 Å². The molecule has 0 saturated heterocycles. The molecular formula is C15H27N3O. The Morgan fingerprint density at radius 3 is 2.74 bits per heavy atom. The Bertz CT molecular complexity index is 306. The third kappa shape index (κ3) is 8.70. The van der Waals surface area contributed by atoms with Gasteiger partial charge in [-0.2, -0.15) is 0 Å². The summed E-state index contributed by atoms with van der Waals surface area (Å²) < 4.78 is 5.30. The van der Waals surface area contributed by atoms with Gasteiger partial charge in [0.1, 0.15) is 0 Å². The van der Waals surface area contributed by atoms with Gasteiger partial charge in [0, 0.05) is 45.2 Å². The van der Waals surface area contributed by atoms with Crippen LogP contribution in [0.1, 0.15) is 25.3 Å². The Hall–Kier alpha value is -0.970. The number of nitrogens with one attached hydrogen (secondary N) is 1. The van der Waals surface area contributed by atoms with Crippen LogP contribution in [0.2, 0.25) is 0 Å². The zero-order valence-electron chi connectivity index (χ0n) is 12.3. The largest absolute Gasteiger partial charge is 0.382 e. The maximum absolute atomic E-state index is 5.30. The zero-order valence-corrected chi connectivity index (χ0v) is 12.3. The first-order valence-electron chi connectivity index (χ1n) is 7.19. The second-order valence-corrected chi connectivity index (χ2v) is 4.75. The van der Waals surface area contributed by atoms with Crippen molar-refractivity contribution in [1.29, 1.82) is 0 Å². The van der Waals surface area contributed by atoms with E-state index in [2.05, 4.69) is 34.4 Å². The molecule has 4 nitrogen and oxygen atoms in total. The summed E-state index contributed by atoms with van der Waals surface area (Å²) in [6.07, 6.45) is 6.03. The van der Waals surface area contributed by atoms with Crippen molar-refractivity contribution in [2.75, 3.05) is 39.9 Å². The second kappa shape index (κ2) is 10.9. The highest BCUT2D eigenvalue weighted by atomic mass is 16.5. The van der Waals surface area contributed by atoms with Gasteiger partial charge in [-0.15, -0.1) is 0 Å². The molecule has 0 atom stereocenters. The standard InChI is InChI=1S/C15H27N3O/c1-3-19-13-5-4-8-16-11-12-18(2)14-15-6-9-17-10-7-15/h6-7,9-10,16H,3-5,8,11-14H2,1-2H3. The Morgan fingerprint density at radius 1 is 1.21 bits per heavy atom. The van der Waals surface area contributed by atoms with Gasteiger partial charge in [0.25, 0.3) is 0 Å². The molecule has 1 rings (SSSR count). The SMILES string of the molecule is CCOCCCCNCCN(C)Cc1ccncc1. The number of pyridine rings is 1. The van der Waals surface area contributed by atoms with E-state index < -0.39 is 0 Å². The molecule has 0 aliphatic carbocycles. The third-order valence-electron chi connectivity index (χ3n) is 2.97. The molecule has 0 spiro atoms. The maximum Gasteiger partial charge on any atom is 0.0466 e. The molecule has 0 aromatic carbocycles. The molecule has 0 amide bonds. The normalized spacial score (nSPS) is 11.1. The lowest BCUT2D eigenvalue weighted by molar-refractivity contribution is 0.143. The van der Waals surface area contributed by atoms with Crippen LogP contribution in [0.5, 0.6) is 0 Å². The van der Waals surface area contributed by atoms with Crippen molar-refractivity contribution in [3.05, 3.63) is 30.1 Å². The molecule has 0 saturated carbocycles. The Kier molecular flexibility index (Phi) is 9.23. The van der Waals surface area contributed by atoms with Crippen molar-refractivity contribution in [2.24, 2.45) is 0 Å². The number of likely N-dealkylation sites (N-methyl/N-ethyl adjacent to an activating group) is 1. The molecule has 0 aliphatic rings. The minimum Gasteiger partial charge on any atom is -0.382 e. The van der Waals surface area contributed by atoms with Crippen LogP contribution in [0.3, 0.4) is 0 Å². The monoisotopic (exact) mass is 265 g/mol. The van der Waals surface area contributed by atoms with Crippen LogP contribution >= 0.6 is 0 Å². The van der Waals surface area contributed by atoms with Gasteiger partial charge in [-0.05, 0) is 51.1 Å². The van der Waals surface area contributed by atoms with E-state index in [4.69, 9.17) is 4.74 Å². The van der Waals surface area contributed by atoms with Crippen molar-refractivity contribution in [1.82, 2.24) is 15.2 Å². The summed E-state index contributed by atoms with van der Waals surface area (Å²) >= 11 is 0. The summed E-state index contributed by atoms with van der Waals surface area (Å²) in [5, 5.41) is 3.47. The van der Waals surface area contributed by atoms with Gasteiger partial charge in [-0.25, -0.2) is 0 Å². The van der Waals surface area contributed by atoms with Gasteiger partial charge in [0.15, 0.2) is 0 Å². The van der Waals surface area contributed by atoms with Crippen LogP contribution in [-0.2, 0) is 11.3 Å². The Balaban J connectivity index is 1.94. The van der Waals surface area contributed by atoms with E-state index in [1.807, 2.05) is 19.3 Å². The summed E-state index contributed by atoms with van der Waals surface area (Å²) in [4.78, 5) is 6.35. The van der Waals surface area contributed by atoms with Crippen molar-refractivity contribution >= 4 is 0 Å². The fourth-order valence-electron chi connectivity index (χ4n) is 1.87. The Labute approximate surface area is 117 Å². The van der Waals surface area contributed by atoms with Crippen LogP contribution in [0.25, 0.3) is 0 Å². The van der Waals surface area contributed by atoms with Crippen molar-refractivity contribution in [2.45, 2.75) is 26.3 Å². The first-order chi connectivity index (χ1) is 9.33. The van der Waals surface area contributed by atoms with E-state index in [0.29, 0.717) is 0 Å². The van der Waals surface area contributed by atoms with E-state index in [1.165, 1.54) is 12.0 Å². The lowest BCUT2D eigenvalue weighted by Crippen LogP contribution is -2.29. The predicted octanol–water partition coefficient (Wildman–Crippen LogP) is 1.92. The van der Waals surface area contributed by atoms with E-state index >= 15 is 0 Å². The molecule has 108 valence electrons. The number of ether oxygens (including phenoxy) is 1. The highest BCUT2D eigenvalue weighted by Gasteiger charge is 1.99. The molecule has 1 heterocycles. The number of aromatic nitrogens is 1. The molecule has 0 fully saturated rings. The molecule has 0 unspecified atom stereocenters. The predicted molar refractivity (Wildman–Crippen MR) is 79.2 cm³/mol. The van der Waals surface area contributed by atoms with Gasteiger partial charge in [-0.3, -0.25) is 4.98 Å². The fourth-order valence-corrected chi connectivity index (χ4v) is 1.87. The molecule has 4 heteroatoms. The van der Waals surface area contributed by atoms with Crippen molar-refractivity contribution in [3.63, 3.8) is 0 Å². The molecule has 0 radical (unpaired) electrons. The number of rotatable bonds is 11. The van der Waals surface area contributed by atoms with Gasteiger partial charge in [0.2, 0.25) is 0 Å². The molecule has 1 aromatic heterocycles. The molecule has 19 heavy (non-hydrogen) atoms. The first-order valence-corrected chi connectivity index (χ1v) is 7.19. The second-order valence-electron chi connectivity index (χ2n) is 4.75. The van der Waals surface area contributed by atoms with Gasteiger partial charge in [0.05, 0.1) is 0 Å². The van der Waals surface area contributed by atoms with Gasteiger partial charge >= 0.3 is 0 Å². The van der Waals surface area contributed by atoms with Crippen molar-refractivity contribution in [3.8, 4) is 0 Å². The van der Waals surface area contributed by atoms with Crippen molar-refractivity contribution < 1.29 is 4.74 Å². The lowest BCUT2D eigenvalue weighted by atomic mass is 10.2. The third-order valence-corrected chi connectivity index (χ3v) is 2.97. The van der Waals surface area contributed by atoms with Crippen LogP contribution < -0.4 is 5.32 Å². The first kappa shape index (κ1) is 16.1. The van der Waals surface area contributed by atoms with Crippen LogP contribution in [0.15, 0.2) is 24.5 Å². The summed E-state index contributed by atoms with van der Waals surface area (Å²) in [5.41, 5.74) is 1.31. The van der Waals surface area contributed by atoms with E-state index in [0.717, 1.165) is 45.8 Å². The average Bonchev–Trinajstić information content (AvgIpc) is 2.43. The smallest absolute Gasteiger partial charge is 0.0466 e. The average molecular weight is 265 g/mol. The number of nitrogens with zero attached hydrogens (tertiary/aromatic N) is 2. The zero-order chi connectivity index (χ0) is 13.8.